The van der Waals surface area contributed by atoms with Gasteiger partial charge in [-0.15, -0.1) is 11.3 Å². The van der Waals surface area contributed by atoms with Crippen molar-refractivity contribution in [2.75, 3.05) is 20.2 Å². The smallest absolute Gasteiger partial charge is 0.410 e. The summed E-state index contributed by atoms with van der Waals surface area (Å²) >= 11 is 1.73. The number of thiophene rings is 1. The zero-order valence-electron chi connectivity index (χ0n) is 26.0. The Morgan fingerprint density at radius 3 is 2.55 bits per heavy atom. The molecule has 44 heavy (non-hydrogen) atoms. The molecule has 1 aromatic carbocycles. The van der Waals surface area contributed by atoms with E-state index in [-0.39, 0.29) is 46.1 Å². The first-order valence-electron chi connectivity index (χ1n) is 16.4. The van der Waals surface area contributed by atoms with Crippen molar-refractivity contribution in [1.82, 2.24) is 4.90 Å². The normalized spacial score (nSPS) is 41.6. The molecule has 1 N–H and O–H groups in total. The topological polar surface area (TPSA) is 76.1 Å². The SMILES string of the molecule is COc1ccc(C(=O)C2=CC34C=CC25C(CCC2(C)C5CCC25CN(CCc2cccs2)C(=O)O5)C3(C)CCC(O)C4)cc1. The van der Waals surface area contributed by atoms with Crippen LogP contribution in [0.3, 0.4) is 0 Å². The summed E-state index contributed by atoms with van der Waals surface area (Å²) in [6.07, 6.45) is 13.5. The maximum Gasteiger partial charge on any atom is 0.410 e. The lowest BCUT2D eigenvalue weighted by Gasteiger charge is -2.71. The quantitative estimate of drug-likeness (QED) is 0.275. The van der Waals surface area contributed by atoms with E-state index in [9.17, 15) is 14.7 Å². The largest absolute Gasteiger partial charge is 0.497 e. The second-order valence-electron chi connectivity index (χ2n) is 14.9. The highest BCUT2D eigenvalue weighted by atomic mass is 32.1. The first-order valence-corrected chi connectivity index (χ1v) is 17.3. The Hall–Kier alpha value is -2.90. The van der Waals surface area contributed by atoms with E-state index in [1.54, 1.807) is 18.4 Å². The summed E-state index contributed by atoms with van der Waals surface area (Å²) < 4.78 is 11.9. The number of Topliss-reactive ketones (excluding diaryl/α,β-unsaturated/α-hetero) is 1. The summed E-state index contributed by atoms with van der Waals surface area (Å²) in [5.41, 5.74) is -0.0634. The van der Waals surface area contributed by atoms with E-state index in [0.29, 0.717) is 25.1 Å². The Morgan fingerprint density at radius 2 is 1.80 bits per heavy atom. The van der Waals surface area contributed by atoms with Crippen molar-refractivity contribution in [3.8, 4) is 5.75 Å². The number of methoxy groups -OCH3 is 1. The number of aliphatic hydroxyl groups excluding tert-OH is 1. The van der Waals surface area contributed by atoms with Crippen molar-refractivity contribution < 1.29 is 24.2 Å². The van der Waals surface area contributed by atoms with E-state index < -0.39 is 11.0 Å². The van der Waals surface area contributed by atoms with Crippen LogP contribution >= 0.6 is 11.3 Å². The zero-order chi connectivity index (χ0) is 30.5. The van der Waals surface area contributed by atoms with Gasteiger partial charge in [0.15, 0.2) is 5.78 Å². The molecule has 7 heteroatoms. The second kappa shape index (κ2) is 9.56. The molecule has 4 fully saturated rings. The van der Waals surface area contributed by atoms with Crippen molar-refractivity contribution in [3.05, 3.63) is 76.0 Å². The standard InChI is InChI=1S/C37H43NO5S/c1-33-14-10-25(39)21-35(33)17-18-37(28(22-35)31(40)24-6-8-26(42-3)9-7-24)29(33)11-15-34(2)30(37)12-16-36(34)23-38(32(41)43-36)19-13-27-5-4-20-44-27/h4-9,17-18,20,22,25,29-30,39H,10-16,19,21,23H2,1-3H3. The number of hydrogen-bond acceptors (Lipinski definition) is 6. The highest BCUT2D eigenvalue weighted by molar-refractivity contribution is 7.09. The molecule has 0 radical (unpaired) electrons. The minimum atomic E-state index is -0.554. The van der Waals surface area contributed by atoms with Gasteiger partial charge in [0.25, 0.3) is 0 Å². The van der Waals surface area contributed by atoms with E-state index in [1.165, 1.54) is 4.88 Å². The molecule has 6 nitrogen and oxygen atoms in total. The Morgan fingerprint density at radius 1 is 1.05 bits per heavy atom. The van der Waals surface area contributed by atoms with Gasteiger partial charge in [-0.1, -0.05) is 38.1 Å². The molecular formula is C37H43NO5S. The minimum absolute atomic E-state index is 0.0408. The van der Waals surface area contributed by atoms with Crippen LogP contribution in [0.4, 0.5) is 4.79 Å². The minimum Gasteiger partial charge on any atom is -0.497 e. The third-order valence-electron chi connectivity index (χ3n) is 13.5. The fourth-order valence-corrected chi connectivity index (χ4v) is 11.9. The molecule has 8 unspecified atom stereocenters. The van der Waals surface area contributed by atoms with Crippen molar-refractivity contribution in [2.45, 2.75) is 76.9 Å². The van der Waals surface area contributed by atoms with Crippen LogP contribution in [-0.2, 0) is 11.2 Å². The van der Waals surface area contributed by atoms with E-state index in [1.807, 2.05) is 29.2 Å². The molecule has 6 aliphatic carbocycles. The first-order chi connectivity index (χ1) is 21.1. The molecule has 232 valence electrons. The van der Waals surface area contributed by atoms with Crippen molar-refractivity contribution in [1.29, 1.82) is 0 Å². The predicted octanol–water partition coefficient (Wildman–Crippen LogP) is 7.23. The third kappa shape index (κ3) is 3.57. The molecule has 9 rings (SSSR count). The summed E-state index contributed by atoms with van der Waals surface area (Å²) in [6, 6.07) is 11.7. The van der Waals surface area contributed by atoms with Gasteiger partial charge in [-0.05, 0) is 104 Å². The third-order valence-corrected chi connectivity index (χ3v) is 14.4. The fraction of sp³-hybridized carbons (Fsp3) is 0.568. The molecule has 1 saturated heterocycles. The summed E-state index contributed by atoms with van der Waals surface area (Å²) in [5.74, 6) is 1.27. The number of ether oxygens (including phenoxy) is 2. The van der Waals surface area contributed by atoms with Crippen molar-refractivity contribution >= 4 is 23.2 Å². The monoisotopic (exact) mass is 613 g/mol. The average Bonchev–Trinajstić information content (AvgIpc) is 3.73. The van der Waals surface area contributed by atoms with Crippen LogP contribution in [-0.4, -0.2) is 53.8 Å². The molecule has 2 heterocycles. The zero-order valence-corrected chi connectivity index (χ0v) is 26.8. The number of ketones is 1. The van der Waals surface area contributed by atoms with Crippen LogP contribution in [0.1, 0.15) is 74.0 Å². The predicted molar refractivity (Wildman–Crippen MR) is 170 cm³/mol. The summed E-state index contributed by atoms with van der Waals surface area (Å²) in [7, 11) is 1.64. The molecule has 1 amide bonds. The Kier molecular flexibility index (Phi) is 6.20. The lowest BCUT2D eigenvalue weighted by molar-refractivity contribution is -0.164. The van der Waals surface area contributed by atoms with Gasteiger partial charge in [-0.25, -0.2) is 4.79 Å². The molecule has 7 aliphatic rings. The summed E-state index contributed by atoms with van der Waals surface area (Å²) in [4.78, 5) is 31.3. The number of carbonyl (C=O) groups excluding carboxylic acids is 2. The Balaban J connectivity index is 1.20. The van der Waals surface area contributed by atoms with E-state index >= 15 is 0 Å². The van der Waals surface area contributed by atoms with Gasteiger partial charge in [0.05, 0.1) is 19.8 Å². The number of hydrogen-bond donors (Lipinski definition) is 1. The number of rotatable bonds is 6. The molecule has 2 bridgehead atoms. The van der Waals surface area contributed by atoms with Gasteiger partial charge >= 0.3 is 6.09 Å². The highest BCUT2D eigenvalue weighted by Gasteiger charge is 2.76. The van der Waals surface area contributed by atoms with Gasteiger partial charge in [-0.2, -0.15) is 0 Å². The van der Waals surface area contributed by atoms with E-state index in [0.717, 1.165) is 56.3 Å². The molecule has 1 aliphatic heterocycles. The molecule has 3 saturated carbocycles. The van der Waals surface area contributed by atoms with Crippen LogP contribution in [0.5, 0.6) is 5.75 Å². The summed E-state index contributed by atoms with van der Waals surface area (Å²) in [6.45, 7) is 6.08. The fourth-order valence-electron chi connectivity index (χ4n) is 11.2. The Labute approximate surface area is 264 Å². The molecule has 3 spiro atoms. The maximum atomic E-state index is 14.7. The lowest BCUT2D eigenvalue weighted by atomic mass is 9.32. The van der Waals surface area contributed by atoms with Crippen LogP contribution in [0.15, 0.2) is 65.6 Å². The molecular weight excluding hydrogens is 570 g/mol. The molecule has 8 atom stereocenters. The van der Waals surface area contributed by atoms with Gasteiger partial charge in [-0.3, -0.25) is 4.79 Å². The number of allylic oxidation sites excluding steroid dienone is 4. The number of carbonyl (C=O) groups is 2. The van der Waals surface area contributed by atoms with Crippen molar-refractivity contribution in [3.63, 3.8) is 0 Å². The summed E-state index contributed by atoms with van der Waals surface area (Å²) in [5, 5.41) is 13.0. The van der Waals surface area contributed by atoms with Crippen LogP contribution in [0, 0.1) is 33.5 Å². The van der Waals surface area contributed by atoms with Crippen LogP contribution in [0.2, 0.25) is 0 Å². The van der Waals surface area contributed by atoms with Gasteiger partial charge in [0.1, 0.15) is 11.4 Å². The number of aliphatic hydroxyl groups is 1. The average molecular weight is 614 g/mol. The van der Waals surface area contributed by atoms with E-state index in [2.05, 4.69) is 49.6 Å². The van der Waals surface area contributed by atoms with Crippen molar-refractivity contribution in [2.24, 2.45) is 33.5 Å². The lowest BCUT2D eigenvalue weighted by Crippen LogP contribution is -2.67. The van der Waals surface area contributed by atoms with Gasteiger partial charge in [0, 0.05) is 38.8 Å². The number of amides is 1. The van der Waals surface area contributed by atoms with E-state index in [4.69, 9.17) is 9.47 Å². The highest BCUT2D eigenvalue weighted by Crippen LogP contribution is 2.79. The molecule has 1 aromatic heterocycles. The van der Waals surface area contributed by atoms with Crippen LogP contribution in [0.25, 0.3) is 0 Å². The first kappa shape index (κ1) is 28.6. The number of benzene rings is 1. The number of nitrogens with zero attached hydrogens (tertiary/aromatic N) is 1. The Bertz CT molecular complexity index is 1560. The van der Waals surface area contributed by atoms with Crippen LogP contribution < -0.4 is 4.74 Å². The maximum absolute atomic E-state index is 14.7. The van der Waals surface area contributed by atoms with Gasteiger partial charge < -0.3 is 19.5 Å². The molecule has 2 aromatic rings. The van der Waals surface area contributed by atoms with Gasteiger partial charge in [0.2, 0.25) is 0 Å². The number of fused-ring (bicyclic) bond motifs is 2. The second-order valence-corrected chi connectivity index (χ2v) is 16.0.